The number of nitrogens with one attached hydrogen (secondary N) is 1. The molecule has 4 N–H and O–H groups in total. The summed E-state index contributed by atoms with van der Waals surface area (Å²) in [6, 6.07) is 8.92. The number of piperidine rings is 3. The zero-order chi connectivity index (χ0) is 31.4. The predicted molar refractivity (Wildman–Crippen MR) is 171 cm³/mol. The number of rotatable bonds is 11. The molecule has 0 spiro atoms. The number of ether oxygens (including phenoxy) is 4. The summed E-state index contributed by atoms with van der Waals surface area (Å²) in [4.78, 5) is 20.8. The van der Waals surface area contributed by atoms with Gasteiger partial charge in [0, 0.05) is 23.4 Å². The molecule has 1 aromatic carbocycles. The van der Waals surface area contributed by atoms with E-state index >= 15 is 0 Å². The molecule has 6 rings (SSSR count). The van der Waals surface area contributed by atoms with Gasteiger partial charge in [0.25, 0.3) is 0 Å². The number of nitrogens with two attached hydrogens (primary N) is 1. The van der Waals surface area contributed by atoms with Crippen molar-refractivity contribution in [3.63, 3.8) is 0 Å². The van der Waals surface area contributed by atoms with E-state index in [0.29, 0.717) is 43.5 Å². The molecule has 236 valence electrons. The van der Waals surface area contributed by atoms with Gasteiger partial charge in [-0.15, -0.1) is 11.3 Å². The highest BCUT2D eigenvalue weighted by Crippen LogP contribution is 2.38. The first-order chi connectivity index (χ1) is 21.2. The van der Waals surface area contributed by atoms with E-state index in [2.05, 4.69) is 9.88 Å². The lowest BCUT2D eigenvalue weighted by Crippen LogP contribution is -2.53. The highest BCUT2D eigenvalue weighted by Gasteiger charge is 2.37. The molecule has 3 aliphatic rings. The van der Waals surface area contributed by atoms with Gasteiger partial charge in [-0.1, -0.05) is 29.3 Å². The molecule has 3 aromatic rings. The summed E-state index contributed by atoms with van der Waals surface area (Å²) in [5.41, 5.74) is 7.31. The predicted octanol–water partition coefficient (Wildman–Crippen LogP) is 5.15. The van der Waals surface area contributed by atoms with Crippen LogP contribution in [0.5, 0.6) is 11.5 Å². The van der Waals surface area contributed by atoms with Gasteiger partial charge < -0.3 is 29.8 Å². The van der Waals surface area contributed by atoms with Gasteiger partial charge in [-0.2, -0.15) is 0 Å². The SMILES string of the molecule is COc1ccc([C@H](Cc2c(Cl)c[nH+]cc2Cl)OC(O)c2ccc(CN(C(=O)O[C@H]3CN4CCC3CC4)C(N)=S)s2)cc1OC. The van der Waals surface area contributed by atoms with Crippen LogP contribution in [-0.2, 0) is 22.4 Å². The number of methoxy groups -OCH3 is 2. The first kappa shape index (κ1) is 32.7. The summed E-state index contributed by atoms with van der Waals surface area (Å²) >= 11 is 19.4. The summed E-state index contributed by atoms with van der Waals surface area (Å²) in [6.45, 7) is 2.92. The number of halogens is 2. The number of H-pyrrole nitrogens is 1. The van der Waals surface area contributed by atoms with E-state index in [-0.39, 0.29) is 24.2 Å². The Morgan fingerprint density at radius 1 is 1.16 bits per heavy atom. The molecule has 3 atom stereocenters. The third-order valence-corrected chi connectivity index (χ3v) is 10.0. The lowest BCUT2D eigenvalue weighted by molar-refractivity contribution is -0.377. The van der Waals surface area contributed by atoms with Crippen LogP contribution in [0, 0.1) is 5.92 Å². The minimum atomic E-state index is -1.31. The van der Waals surface area contributed by atoms with Crippen LogP contribution in [-0.4, -0.2) is 66.1 Å². The number of aliphatic hydroxyl groups is 1. The number of aromatic amines is 1. The number of nitrogens with zero attached hydrogens (tertiary/aromatic N) is 2. The fourth-order valence-corrected chi connectivity index (χ4v) is 7.21. The normalized spacial score (nSPS) is 20.5. The van der Waals surface area contributed by atoms with Gasteiger partial charge in [0.05, 0.1) is 31.7 Å². The van der Waals surface area contributed by atoms with Crippen LogP contribution in [0.25, 0.3) is 0 Å². The average Bonchev–Trinajstić information content (AvgIpc) is 3.50. The lowest BCUT2D eigenvalue weighted by Gasteiger charge is -2.44. The Labute approximate surface area is 275 Å². The molecule has 14 heteroatoms. The van der Waals surface area contributed by atoms with Gasteiger partial charge in [-0.05, 0) is 73.9 Å². The number of aliphatic hydroxyl groups excluding tert-OH is 1. The van der Waals surface area contributed by atoms with E-state index in [1.165, 1.54) is 16.2 Å². The van der Waals surface area contributed by atoms with Crippen molar-refractivity contribution in [2.75, 3.05) is 33.9 Å². The molecular formula is C30H35Cl2N4O6S2+. The molecule has 44 heavy (non-hydrogen) atoms. The second kappa shape index (κ2) is 14.6. The maximum absolute atomic E-state index is 13.1. The van der Waals surface area contributed by atoms with Crippen molar-refractivity contribution in [3.8, 4) is 11.5 Å². The Morgan fingerprint density at radius 3 is 2.48 bits per heavy atom. The van der Waals surface area contributed by atoms with E-state index in [4.69, 9.17) is 60.1 Å². The van der Waals surface area contributed by atoms with Gasteiger partial charge >= 0.3 is 6.09 Å². The van der Waals surface area contributed by atoms with Crippen molar-refractivity contribution in [1.82, 2.24) is 9.80 Å². The summed E-state index contributed by atoms with van der Waals surface area (Å²) in [5, 5.41) is 12.0. The van der Waals surface area contributed by atoms with Gasteiger partial charge in [0.1, 0.15) is 16.1 Å². The highest BCUT2D eigenvalue weighted by atomic mass is 35.5. The largest absolute Gasteiger partial charge is 0.493 e. The standard InChI is InChI=1S/C30H34Cl2N4O6S2/c1-39-23-5-3-18(11-25(23)40-2)24(12-20-21(31)13-34-14-22(20)32)41-28(37)27-6-4-19(44-27)15-36(29(33)43)30(38)42-26-16-35-9-7-17(26)8-10-35/h3-6,11,13-14,17,24,26,28,37H,7-10,12,15-16H2,1-2H3,(H2,33,43)/p+1/t24-,26-,28?/m0/s1. The molecule has 0 saturated carbocycles. The molecule has 5 heterocycles. The zero-order valence-corrected chi connectivity index (χ0v) is 27.5. The monoisotopic (exact) mass is 681 g/mol. The molecule has 3 fully saturated rings. The molecule has 3 aliphatic heterocycles. The van der Waals surface area contributed by atoms with Crippen LogP contribution in [0.15, 0.2) is 42.7 Å². The van der Waals surface area contributed by atoms with Crippen molar-refractivity contribution in [1.29, 1.82) is 0 Å². The second-order valence-corrected chi connectivity index (χ2v) is 13.1. The highest BCUT2D eigenvalue weighted by molar-refractivity contribution is 7.80. The van der Waals surface area contributed by atoms with E-state index in [9.17, 15) is 9.90 Å². The van der Waals surface area contributed by atoms with Crippen LogP contribution in [0.1, 0.15) is 46.1 Å². The quantitative estimate of drug-likeness (QED) is 0.209. The number of fused-ring (bicyclic) bond motifs is 3. The number of benzene rings is 1. The maximum Gasteiger partial charge on any atom is 0.416 e. The Hall–Kier alpha value is -2.71. The molecular weight excluding hydrogens is 647 g/mol. The lowest BCUT2D eigenvalue weighted by atomic mass is 9.86. The van der Waals surface area contributed by atoms with Crippen molar-refractivity contribution < 1.29 is 33.8 Å². The number of carbonyl (C=O) groups excluding carboxylic acids is 1. The number of hydrogen-bond acceptors (Lipinski definition) is 9. The van der Waals surface area contributed by atoms with Gasteiger partial charge in [0.2, 0.25) is 0 Å². The number of thiophene rings is 1. The third kappa shape index (κ3) is 7.56. The van der Waals surface area contributed by atoms with E-state index in [1.807, 2.05) is 6.07 Å². The summed E-state index contributed by atoms with van der Waals surface area (Å²) < 4.78 is 23.0. The van der Waals surface area contributed by atoms with Gasteiger partial charge in [-0.25, -0.2) is 14.7 Å². The van der Waals surface area contributed by atoms with E-state index < -0.39 is 18.5 Å². The first-order valence-electron chi connectivity index (χ1n) is 14.1. The summed E-state index contributed by atoms with van der Waals surface area (Å²) in [6.07, 6.45) is 2.84. The smallest absolute Gasteiger partial charge is 0.416 e. The second-order valence-electron chi connectivity index (χ2n) is 10.7. The number of amides is 1. The number of aromatic nitrogens is 1. The Bertz CT molecular complexity index is 1470. The summed E-state index contributed by atoms with van der Waals surface area (Å²) in [7, 11) is 3.10. The fraction of sp³-hybridized carbons (Fsp3) is 0.433. The molecule has 0 aliphatic carbocycles. The van der Waals surface area contributed by atoms with Crippen LogP contribution >= 0.6 is 46.8 Å². The van der Waals surface area contributed by atoms with Crippen molar-refractivity contribution >= 4 is 58.0 Å². The average molecular weight is 683 g/mol. The van der Waals surface area contributed by atoms with E-state index in [0.717, 1.165) is 37.4 Å². The minimum Gasteiger partial charge on any atom is -0.493 e. The van der Waals surface area contributed by atoms with Crippen molar-refractivity contribution in [2.24, 2.45) is 11.7 Å². The van der Waals surface area contributed by atoms with Crippen molar-refractivity contribution in [2.45, 2.75) is 44.3 Å². The zero-order valence-electron chi connectivity index (χ0n) is 24.3. The van der Waals surface area contributed by atoms with E-state index in [1.54, 1.807) is 50.9 Å². The van der Waals surface area contributed by atoms with Crippen LogP contribution in [0.3, 0.4) is 0 Å². The third-order valence-electron chi connectivity index (χ3n) is 8.03. The molecule has 10 nitrogen and oxygen atoms in total. The summed E-state index contributed by atoms with van der Waals surface area (Å²) in [5.74, 6) is 1.42. The Kier molecular flexibility index (Phi) is 10.8. The maximum atomic E-state index is 13.1. The number of pyridine rings is 1. The number of hydrogen-bond donors (Lipinski definition) is 2. The van der Waals surface area contributed by atoms with Crippen LogP contribution in [0.2, 0.25) is 10.0 Å². The molecule has 2 aromatic heterocycles. The number of thiocarbonyl (C=S) groups is 1. The minimum absolute atomic E-state index is 0.0783. The topological polar surface area (TPSA) is 121 Å². The van der Waals surface area contributed by atoms with Gasteiger partial charge in [0.15, 0.2) is 35.3 Å². The van der Waals surface area contributed by atoms with Gasteiger partial charge in [-0.3, -0.25) is 4.90 Å². The molecule has 2 bridgehead atoms. The Morgan fingerprint density at radius 2 is 1.86 bits per heavy atom. The molecule has 1 unspecified atom stereocenters. The first-order valence-corrected chi connectivity index (χ1v) is 16.1. The number of carbonyl (C=O) groups is 1. The Balaban J connectivity index is 1.31. The molecule has 3 saturated heterocycles. The molecule has 0 radical (unpaired) electrons. The van der Waals surface area contributed by atoms with Crippen molar-refractivity contribution in [3.05, 3.63) is 73.7 Å². The van der Waals surface area contributed by atoms with Crippen LogP contribution < -0.4 is 20.2 Å². The fourth-order valence-electron chi connectivity index (χ4n) is 5.61. The molecule has 1 amide bonds. The van der Waals surface area contributed by atoms with Crippen LogP contribution in [0.4, 0.5) is 4.79 Å².